The Labute approximate surface area is 339 Å². The van der Waals surface area contributed by atoms with Crippen molar-refractivity contribution in [2.45, 2.75) is 96.3 Å². The van der Waals surface area contributed by atoms with Gasteiger partial charge in [0.15, 0.2) is 5.71 Å². The Balaban J connectivity index is 1.36. The van der Waals surface area contributed by atoms with E-state index in [2.05, 4.69) is 110 Å². The lowest BCUT2D eigenvalue weighted by Gasteiger charge is -2.27. The largest absolute Gasteiger partial charge is 0.457 e. The van der Waals surface area contributed by atoms with E-state index in [1.807, 2.05) is 30.3 Å². The molecule has 304 valence electrons. The van der Waals surface area contributed by atoms with Crippen molar-refractivity contribution < 1.29 is 35.3 Å². The number of rotatable bonds is 17. The second-order valence-electron chi connectivity index (χ2n) is 16.4. The summed E-state index contributed by atoms with van der Waals surface area (Å²) < 4.78 is 72.9. The van der Waals surface area contributed by atoms with Gasteiger partial charge in [-0.2, -0.15) is 21.4 Å². The molecule has 0 fully saturated rings. The Morgan fingerprint density at radius 1 is 0.702 bits per heavy atom. The predicted molar refractivity (Wildman–Crippen MR) is 230 cm³/mol. The van der Waals surface area contributed by atoms with E-state index in [0.717, 1.165) is 79.2 Å². The average molecular weight is 814 g/mol. The normalized spacial score (nSPS) is 19.2. The Kier molecular flexibility index (Phi) is 13.1. The molecule has 3 aromatic rings. The first-order valence-corrected chi connectivity index (χ1v) is 23.4. The molecule has 3 aromatic carbocycles. The van der Waals surface area contributed by atoms with Gasteiger partial charge in [-0.3, -0.25) is 9.11 Å². The third-order valence-corrected chi connectivity index (χ3v) is 13.1. The standard InChI is InChI=1S/C46H56N2O7S2/c1-45(2)38-23-10-12-25-40(38)47(31-14-6-16-33-56(49,50)51)42(45)29-27-35-19-18-20-36(44(35)55-37-21-8-5-9-22-37)28-30-43-46(3,4)39-24-11-13-26-41(39)48(43)32-15-7-17-34-57(52,53)54/h5,8-13,21-30H,6-7,14-20,31-34H2,1-4H3,(H-,49,50,51,52,53,54)/p+1. The van der Waals surface area contributed by atoms with Crippen LogP contribution in [-0.2, 0) is 31.1 Å². The highest BCUT2D eigenvalue weighted by atomic mass is 32.2. The molecule has 57 heavy (non-hydrogen) atoms. The fourth-order valence-electron chi connectivity index (χ4n) is 8.54. The molecular formula is C46H57N2O7S2+. The zero-order valence-electron chi connectivity index (χ0n) is 33.7. The van der Waals surface area contributed by atoms with Crippen molar-refractivity contribution in [3.8, 4) is 5.75 Å². The lowest BCUT2D eigenvalue weighted by molar-refractivity contribution is -0.438. The first kappa shape index (κ1) is 42.3. The summed E-state index contributed by atoms with van der Waals surface area (Å²) in [7, 11) is -7.95. The van der Waals surface area contributed by atoms with Crippen LogP contribution in [0.1, 0.15) is 96.6 Å². The van der Waals surface area contributed by atoms with Gasteiger partial charge in [-0.15, -0.1) is 0 Å². The molecule has 0 spiro atoms. The Bertz CT molecular complexity index is 2320. The Hall–Kier alpha value is -4.29. The molecule has 11 heteroatoms. The molecule has 2 N–H and O–H groups in total. The number of fused-ring (bicyclic) bond motifs is 2. The van der Waals surface area contributed by atoms with E-state index in [9.17, 15) is 25.9 Å². The Morgan fingerprint density at radius 3 is 2.04 bits per heavy atom. The summed E-state index contributed by atoms with van der Waals surface area (Å²) in [6.07, 6.45) is 15.4. The van der Waals surface area contributed by atoms with Gasteiger partial charge in [-0.1, -0.05) is 80.9 Å². The number of hydrogen-bond acceptors (Lipinski definition) is 6. The number of ether oxygens (including phenoxy) is 1. The molecule has 0 aromatic heterocycles. The van der Waals surface area contributed by atoms with Gasteiger partial charge in [-0.25, -0.2) is 0 Å². The first-order valence-electron chi connectivity index (χ1n) is 20.1. The van der Waals surface area contributed by atoms with Crippen molar-refractivity contribution in [2.24, 2.45) is 0 Å². The topological polar surface area (TPSA) is 124 Å². The molecule has 0 unspecified atom stereocenters. The number of allylic oxidation sites excluding steroid dienone is 7. The molecule has 2 heterocycles. The minimum absolute atomic E-state index is 0.224. The number of para-hydroxylation sites is 3. The number of nitrogens with zero attached hydrogens (tertiary/aromatic N) is 2. The summed E-state index contributed by atoms with van der Waals surface area (Å²) in [4.78, 5) is 2.36. The number of hydrogen-bond donors (Lipinski definition) is 2. The van der Waals surface area contributed by atoms with Crippen LogP contribution in [0.2, 0.25) is 0 Å². The van der Waals surface area contributed by atoms with Crippen LogP contribution in [0, 0.1) is 0 Å². The maximum atomic E-state index is 11.3. The summed E-state index contributed by atoms with van der Waals surface area (Å²) >= 11 is 0. The van der Waals surface area contributed by atoms with E-state index in [-0.39, 0.29) is 22.3 Å². The summed E-state index contributed by atoms with van der Waals surface area (Å²) in [5.74, 6) is 1.18. The highest BCUT2D eigenvalue weighted by Crippen LogP contribution is 2.48. The Morgan fingerprint density at radius 2 is 1.33 bits per heavy atom. The molecule has 1 aliphatic carbocycles. The summed E-state index contributed by atoms with van der Waals surface area (Å²) in [5, 5.41) is 0. The maximum absolute atomic E-state index is 11.3. The first-order chi connectivity index (χ1) is 27.1. The third kappa shape index (κ3) is 10.2. The van der Waals surface area contributed by atoms with Crippen LogP contribution in [0.15, 0.2) is 126 Å². The van der Waals surface area contributed by atoms with Crippen molar-refractivity contribution >= 4 is 37.3 Å². The van der Waals surface area contributed by atoms with Crippen LogP contribution in [0.25, 0.3) is 0 Å². The predicted octanol–water partition coefficient (Wildman–Crippen LogP) is 9.86. The quantitative estimate of drug-likeness (QED) is 0.0785. The molecule has 0 saturated heterocycles. The maximum Gasteiger partial charge on any atom is 0.264 e. The van der Waals surface area contributed by atoms with Gasteiger partial charge in [0.2, 0.25) is 5.69 Å². The molecular weight excluding hydrogens is 757 g/mol. The van der Waals surface area contributed by atoms with Gasteiger partial charge in [-0.05, 0) is 106 Å². The number of anilines is 1. The summed E-state index contributed by atoms with van der Waals surface area (Å²) in [6.45, 7) is 10.5. The summed E-state index contributed by atoms with van der Waals surface area (Å²) in [6, 6.07) is 26.9. The van der Waals surface area contributed by atoms with E-state index in [1.165, 1.54) is 22.5 Å². The van der Waals surface area contributed by atoms with Crippen LogP contribution in [0.4, 0.5) is 11.4 Å². The zero-order chi connectivity index (χ0) is 40.8. The molecule has 2 aliphatic heterocycles. The zero-order valence-corrected chi connectivity index (χ0v) is 35.3. The van der Waals surface area contributed by atoms with E-state index in [1.54, 1.807) is 0 Å². The van der Waals surface area contributed by atoms with Gasteiger partial charge in [0.05, 0.1) is 16.9 Å². The number of benzene rings is 3. The van der Waals surface area contributed by atoms with Gasteiger partial charge in [0, 0.05) is 47.5 Å². The fourth-order valence-corrected chi connectivity index (χ4v) is 9.68. The van der Waals surface area contributed by atoms with Crippen LogP contribution in [0.3, 0.4) is 0 Å². The van der Waals surface area contributed by atoms with Crippen molar-refractivity contribution in [1.29, 1.82) is 0 Å². The van der Waals surface area contributed by atoms with E-state index < -0.39 is 20.2 Å². The van der Waals surface area contributed by atoms with Crippen LogP contribution in [0.5, 0.6) is 5.75 Å². The second-order valence-corrected chi connectivity index (χ2v) is 19.5. The van der Waals surface area contributed by atoms with Crippen molar-refractivity contribution in [2.75, 3.05) is 29.5 Å². The van der Waals surface area contributed by atoms with Gasteiger partial charge in [0.25, 0.3) is 20.2 Å². The SMILES string of the molecule is CC1(C)C(=CC=C2CCCC(C=CC3=[N+](CCCCCS(=O)(=O)O)c4ccccc4C3(C)C)=C2Oc2ccccc2)N(CCCCCS(=O)(=O)O)c2ccccc21. The molecule has 0 amide bonds. The van der Waals surface area contributed by atoms with Crippen LogP contribution in [-0.4, -0.2) is 60.8 Å². The summed E-state index contributed by atoms with van der Waals surface area (Å²) in [5.41, 5.74) is 8.85. The van der Waals surface area contributed by atoms with E-state index >= 15 is 0 Å². The highest BCUT2D eigenvalue weighted by molar-refractivity contribution is 7.86. The van der Waals surface area contributed by atoms with Crippen LogP contribution < -0.4 is 9.64 Å². The number of unbranched alkanes of at least 4 members (excludes halogenated alkanes) is 4. The second kappa shape index (κ2) is 17.7. The molecule has 6 rings (SSSR count). The fraction of sp³-hybridized carbons (Fsp3) is 0.413. The molecule has 9 nitrogen and oxygen atoms in total. The molecule has 0 atom stereocenters. The lowest BCUT2D eigenvalue weighted by atomic mass is 9.81. The molecule has 0 saturated carbocycles. The minimum atomic E-state index is -3.98. The van der Waals surface area contributed by atoms with Crippen molar-refractivity contribution in [1.82, 2.24) is 0 Å². The molecule has 0 bridgehead atoms. The van der Waals surface area contributed by atoms with Crippen molar-refractivity contribution in [3.63, 3.8) is 0 Å². The van der Waals surface area contributed by atoms with E-state index in [4.69, 9.17) is 4.74 Å². The van der Waals surface area contributed by atoms with Gasteiger partial charge in [0.1, 0.15) is 18.1 Å². The monoisotopic (exact) mass is 813 g/mol. The minimum Gasteiger partial charge on any atom is -0.457 e. The van der Waals surface area contributed by atoms with Gasteiger partial charge >= 0.3 is 0 Å². The van der Waals surface area contributed by atoms with E-state index in [0.29, 0.717) is 25.7 Å². The average Bonchev–Trinajstić information content (AvgIpc) is 3.51. The third-order valence-electron chi connectivity index (χ3n) is 11.5. The smallest absolute Gasteiger partial charge is 0.264 e. The highest BCUT2D eigenvalue weighted by Gasteiger charge is 2.44. The van der Waals surface area contributed by atoms with Gasteiger partial charge < -0.3 is 9.64 Å². The van der Waals surface area contributed by atoms with Crippen LogP contribution >= 0.6 is 0 Å². The molecule has 3 aliphatic rings. The van der Waals surface area contributed by atoms with Crippen molar-refractivity contribution in [3.05, 3.63) is 137 Å². The lowest BCUT2D eigenvalue weighted by Crippen LogP contribution is -2.28. The molecule has 0 radical (unpaired) electrons.